The number of aliphatic hydroxyl groups is 2. The number of carbonyl (C=O) groups excluding carboxylic acids is 1. The van der Waals surface area contributed by atoms with Gasteiger partial charge in [-0.25, -0.2) is 0 Å². The van der Waals surface area contributed by atoms with Crippen molar-refractivity contribution in [3.8, 4) is 0 Å². The molecule has 0 aromatic heterocycles. The topological polar surface area (TPSA) is 69.6 Å². The van der Waals surface area contributed by atoms with Crippen molar-refractivity contribution in [3.05, 3.63) is 24.3 Å². The molecule has 0 aromatic rings. The van der Waals surface area contributed by atoms with E-state index in [1.807, 2.05) is 6.08 Å². The maximum atomic E-state index is 12.5. The molecular weight excluding hydrogens is 831 g/mol. The number of rotatable bonds is 59. The molecule has 0 bridgehead atoms. The summed E-state index contributed by atoms with van der Waals surface area (Å²) in [5.41, 5.74) is 0. The molecule has 0 saturated carbocycles. The van der Waals surface area contributed by atoms with Gasteiger partial charge in [0, 0.05) is 6.42 Å². The fourth-order valence-corrected chi connectivity index (χ4v) is 10.1. The molecule has 2 unspecified atom stereocenters. The summed E-state index contributed by atoms with van der Waals surface area (Å²) in [6, 6.07) is -0.637. The lowest BCUT2D eigenvalue weighted by Gasteiger charge is -2.19. The number of allylic oxidation sites excluding steroid dienone is 3. The Labute approximate surface area is 428 Å². The Morgan fingerprint density at radius 3 is 0.853 bits per heavy atom. The van der Waals surface area contributed by atoms with Gasteiger partial charge in [0.15, 0.2) is 0 Å². The number of hydrogen-bond acceptors (Lipinski definition) is 3. The summed E-state index contributed by atoms with van der Waals surface area (Å²) in [5, 5.41) is 23.2. The molecule has 3 N–H and O–H groups in total. The lowest BCUT2D eigenvalue weighted by Crippen LogP contribution is -2.45. The van der Waals surface area contributed by atoms with Crippen LogP contribution in [0.25, 0.3) is 0 Å². The van der Waals surface area contributed by atoms with Crippen molar-refractivity contribution in [3.63, 3.8) is 0 Å². The first-order valence-electron chi connectivity index (χ1n) is 31.6. The van der Waals surface area contributed by atoms with Gasteiger partial charge in [0.25, 0.3) is 0 Å². The predicted molar refractivity (Wildman–Crippen MR) is 304 cm³/mol. The van der Waals surface area contributed by atoms with E-state index in [2.05, 4.69) is 31.3 Å². The van der Waals surface area contributed by atoms with Crippen molar-refractivity contribution < 1.29 is 15.0 Å². The van der Waals surface area contributed by atoms with Crippen molar-refractivity contribution in [2.45, 2.75) is 373 Å². The van der Waals surface area contributed by atoms with Gasteiger partial charge in [-0.3, -0.25) is 4.79 Å². The average molecular weight is 957 g/mol. The highest BCUT2D eigenvalue weighted by molar-refractivity contribution is 5.76. The molecule has 0 aromatic carbocycles. The third kappa shape index (κ3) is 55.8. The van der Waals surface area contributed by atoms with Gasteiger partial charge in [-0.2, -0.15) is 0 Å². The molecular formula is C64H125NO3. The van der Waals surface area contributed by atoms with Gasteiger partial charge in [-0.1, -0.05) is 346 Å². The van der Waals surface area contributed by atoms with Crippen LogP contribution in [0.5, 0.6) is 0 Å². The second-order valence-electron chi connectivity index (χ2n) is 21.8. The fraction of sp³-hybridized carbons (Fsp3) is 0.922. The molecule has 4 heteroatoms. The Morgan fingerprint density at radius 1 is 0.338 bits per heavy atom. The molecule has 0 aliphatic carbocycles. The van der Waals surface area contributed by atoms with E-state index in [0.29, 0.717) is 6.42 Å². The van der Waals surface area contributed by atoms with Crippen LogP contribution in [-0.4, -0.2) is 34.9 Å². The quantitative estimate of drug-likeness (QED) is 0.0420. The van der Waals surface area contributed by atoms with E-state index >= 15 is 0 Å². The van der Waals surface area contributed by atoms with Crippen molar-refractivity contribution in [1.29, 1.82) is 0 Å². The summed E-state index contributed by atoms with van der Waals surface area (Å²) < 4.78 is 0. The zero-order chi connectivity index (χ0) is 49.2. The molecule has 0 radical (unpaired) electrons. The van der Waals surface area contributed by atoms with Gasteiger partial charge in [0.1, 0.15) is 0 Å². The number of amides is 1. The first kappa shape index (κ1) is 66.9. The lowest BCUT2D eigenvalue weighted by molar-refractivity contribution is -0.123. The van der Waals surface area contributed by atoms with Gasteiger partial charge < -0.3 is 15.5 Å². The monoisotopic (exact) mass is 956 g/mol. The summed E-state index contributed by atoms with van der Waals surface area (Å²) in [4.78, 5) is 12.5. The van der Waals surface area contributed by atoms with Gasteiger partial charge in [-0.15, -0.1) is 0 Å². The minimum absolute atomic E-state index is 0.0654. The molecule has 68 heavy (non-hydrogen) atoms. The first-order valence-corrected chi connectivity index (χ1v) is 31.6. The summed E-state index contributed by atoms with van der Waals surface area (Å²) >= 11 is 0. The second-order valence-corrected chi connectivity index (χ2v) is 21.8. The number of nitrogens with one attached hydrogen (secondary N) is 1. The molecule has 2 atom stereocenters. The lowest BCUT2D eigenvalue weighted by atomic mass is 10.0. The molecule has 1 amide bonds. The maximum absolute atomic E-state index is 12.5. The Morgan fingerprint density at radius 2 is 0.574 bits per heavy atom. The largest absolute Gasteiger partial charge is 0.394 e. The molecule has 0 fully saturated rings. The average Bonchev–Trinajstić information content (AvgIpc) is 3.34. The zero-order valence-corrected chi connectivity index (χ0v) is 46.7. The third-order valence-corrected chi connectivity index (χ3v) is 14.9. The normalized spacial score (nSPS) is 12.8. The van der Waals surface area contributed by atoms with E-state index in [1.165, 1.54) is 308 Å². The Kier molecular flexibility index (Phi) is 59.2. The summed E-state index contributed by atoms with van der Waals surface area (Å²) in [7, 11) is 0. The van der Waals surface area contributed by atoms with E-state index in [1.54, 1.807) is 6.08 Å². The van der Waals surface area contributed by atoms with E-state index in [0.717, 1.165) is 32.1 Å². The SMILES string of the molecule is CCCCCCCCCCCCCCCCCC/C=C/CC/C=C/C(O)C(CO)NC(=O)CCCCCCCCCCCCCCCCCCCCCCCCCCCCCCCCCCCC. The van der Waals surface area contributed by atoms with E-state index < -0.39 is 12.1 Å². The van der Waals surface area contributed by atoms with Crippen LogP contribution in [0.15, 0.2) is 24.3 Å². The number of unbranched alkanes of at least 4 members (excludes halogenated alkanes) is 50. The van der Waals surface area contributed by atoms with Crippen molar-refractivity contribution in [2.24, 2.45) is 0 Å². The zero-order valence-electron chi connectivity index (χ0n) is 46.7. The van der Waals surface area contributed by atoms with Crippen LogP contribution in [0, 0.1) is 0 Å². The Hall–Kier alpha value is -1.13. The fourth-order valence-electron chi connectivity index (χ4n) is 10.1. The smallest absolute Gasteiger partial charge is 0.220 e. The summed E-state index contributed by atoms with van der Waals surface area (Å²) in [6.45, 7) is 4.34. The predicted octanol–water partition coefficient (Wildman–Crippen LogP) is 21.0. The van der Waals surface area contributed by atoms with E-state index in [4.69, 9.17) is 0 Å². The van der Waals surface area contributed by atoms with Crippen LogP contribution in [0.2, 0.25) is 0 Å². The maximum Gasteiger partial charge on any atom is 0.220 e. The van der Waals surface area contributed by atoms with Crippen LogP contribution in [0.1, 0.15) is 361 Å². The highest BCUT2D eigenvalue weighted by atomic mass is 16.3. The Bertz CT molecular complexity index is 994. The summed E-state index contributed by atoms with van der Waals surface area (Å²) in [5.74, 6) is -0.0654. The number of aliphatic hydroxyl groups excluding tert-OH is 2. The minimum Gasteiger partial charge on any atom is -0.394 e. The van der Waals surface area contributed by atoms with Crippen LogP contribution in [-0.2, 0) is 4.79 Å². The minimum atomic E-state index is -0.860. The molecule has 404 valence electrons. The van der Waals surface area contributed by atoms with Gasteiger partial charge >= 0.3 is 0 Å². The van der Waals surface area contributed by atoms with Crippen LogP contribution in [0.3, 0.4) is 0 Å². The van der Waals surface area contributed by atoms with Crippen molar-refractivity contribution in [1.82, 2.24) is 5.32 Å². The molecule has 0 heterocycles. The van der Waals surface area contributed by atoms with Gasteiger partial charge in [0.2, 0.25) is 5.91 Å². The molecule has 0 aliphatic rings. The van der Waals surface area contributed by atoms with Crippen LogP contribution in [0.4, 0.5) is 0 Å². The van der Waals surface area contributed by atoms with Crippen molar-refractivity contribution >= 4 is 5.91 Å². The first-order chi connectivity index (χ1) is 33.7. The highest BCUT2D eigenvalue weighted by Gasteiger charge is 2.18. The van der Waals surface area contributed by atoms with Gasteiger partial charge in [0.05, 0.1) is 18.8 Å². The number of hydrogen-bond donors (Lipinski definition) is 3. The Balaban J connectivity index is 3.43. The standard InChI is InChI=1S/C64H125NO3/c1-3-5-7-9-11-13-15-17-19-21-23-25-27-28-29-30-31-32-33-34-35-36-37-38-40-42-44-46-48-50-52-54-56-58-60-64(68)65-62(61-66)63(67)59-57-55-53-51-49-47-45-43-41-39-26-24-22-20-18-16-14-12-10-8-6-4-2/h49,51,57,59,62-63,66-67H,3-48,50,52-56,58,60-61H2,1-2H3,(H,65,68)/b51-49+,59-57+. The molecule has 0 spiro atoms. The second kappa shape index (κ2) is 60.2. The summed E-state index contributed by atoms with van der Waals surface area (Å²) in [6.07, 6.45) is 81.0. The van der Waals surface area contributed by atoms with E-state index in [-0.39, 0.29) is 12.5 Å². The molecule has 4 nitrogen and oxygen atoms in total. The number of carbonyl (C=O) groups is 1. The third-order valence-electron chi connectivity index (χ3n) is 14.9. The molecule has 0 aliphatic heterocycles. The molecule has 0 saturated heterocycles. The van der Waals surface area contributed by atoms with Crippen LogP contribution < -0.4 is 5.32 Å². The highest BCUT2D eigenvalue weighted by Crippen LogP contribution is 2.19. The van der Waals surface area contributed by atoms with Gasteiger partial charge in [-0.05, 0) is 32.1 Å². The van der Waals surface area contributed by atoms with E-state index in [9.17, 15) is 15.0 Å². The van der Waals surface area contributed by atoms with Crippen molar-refractivity contribution in [2.75, 3.05) is 6.61 Å². The van der Waals surface area contributed by atoms with Crippen LogP contribution >= 0.6 is 0 Å². The molecule has 0 rings (SSSR count).